The molecule has 1 aliphatic rings. The van der Waals surface area contributed by atoms with Gasteiger partial charge < -0.3 is 25.6 Å². The molecule has 2 atom stereocenters. The van der Waals surface area contributed by atoms with Gasteiger partial charge in [0.1, 0.15) is 6.04 Å². The molecule has 4 N–H and O–H groups in total. The summed E-state index contributed by atoms with van der Waals surface area (Å²) in [6, 6.07) is -1.63. The van der Waals surface area contributed by atoms with Crippen LogP contribution in [0.1, 0.15) is 26.2 Å². The van der Waals surface area contributed by atoms with E-state index >= 15 is 0 Å². The number of hydrogen-bond acceptors (Lipinski definition) is 4. The number of rotatable bonds is 5. The largest absolute Gasteiger partial charge is 0.480 e. The van der Waals surface area contributed by atoms with Crippen LogP contribution in [0, 0.1) is 0 Å². The number of amides is 2. The summed E-state index contributed by atoms with van der Waals surface area (Å²) in [5.74, 6) is -1.16. The van der Waals surface area contributed by atoms with E-state index in [9.17, 15) is 9.59 Å². The third kappa shape index (κ3) is 4.50. The summed E-state index contributed by atoms with van der Waals surface area (Å²) in [5.41, 5.74) is -0.468. The second-order valence-corrected chi connectivity index (χ2v) is 4.72. The van der Waals surface area contributed by atoms with E-state index in [2.05, 4.69) is 10.6 Å². The Labute approximate surface area is 106 Å². The molecular weight excluding hydrogens is 240 g/mol. The molecule has 18 heavy (non-hydrogen) atoms. The van der Waals surface area contributed by atoms with Gasteiger partial charge in [0.15, 0.2) is 0 Å². The van der Waals surface area contributed by atoms with Crippen molar-refractivity contribution in [2.45, 2.75) is 37.8 Å². The van der Waals surface area contributed by atoms with Crippen molar-refractivity contribution in [3.8, 4) is 0 Å². The Bertz CT molecular complexity index is 302. The summed E-state index contributed by atoms with van der Waals surface area (Å²) in [4.78, 5) is 22.5. The van der Waals surface area contributed by atoms with Crippen LogP contribution in [0.5, 0.6) is 0 Å². The van der Waals surface area contributed by atoms with E-state index in [-0.39, 0.29) is 13.0 Å². The van der Waals surface area contributed by atoms with Crippen molar-refractivity contribution in [3.05, 3.63) is 0 Å². The van der Waals surface area contributed by atoms with Crippen LogP contribution in [0.25, 0.3) is 0 Å². The quantitative estimate of drug-likeness (QED) is 0.542. The highest BCUT2D eigenvalue weighted by atomic mass is 16.5. The van der Waals surface area contributed by atoms with Crippen molar-refractivity contribution >= 4 is 12.0 Å². The number of carbonyl (C=O) groups is 2. The highest BCUT2D eigenvalue weighted by molar-refractivity contribution is 5.82. The number of carbonyl (C=O) groups excluding carboxylic acids is 1. The van der Waals surface area contributed by atoms with Crippen molar-refractivity contribution < 1.29 is 24.5 Å². The Hall–Kier alpha value is -1.34. The minimum atomic E-state index is -1.16. The van der Waals surface area contributed by atoms with Gasteiger partial charge in [-0.15, -0.1) is 0 Å². The van der Waals surface area contributed by atoms with E-state index in [1.807, 2.05) is 6.92 Å². The van der Waals surface area contributed by atoms with Crippen LogP contribution in [0.4, 0.5) is 4.79 Å². The Morgan fingerprint density at radius 3 is 2.72 bits per heavy atom. The fourth-order valence-electron chi connectivity index (χ4n) is 1.89. The highest BCUT2D eigenvalue weighted by Gasteiger charge is 2.30. The van der Waals surface area contributed by atoms with Crippen LogP contribution in [-0.4, -0.2) is 53.6 Å². The fraction of sp³-hybridized carbons (Fsp3) is 0.818. The zero-order valence-corrected chi connectivity index (χ0v) is 10.4. The van der Waals surface area contributed by atoms with E-state index in [4.69, 9.17) is 14.9 Å². The van der Waals surface area contributed by atoms with Crippen molar-refractivity contribution in [2.75, 3.05) is 19.8 Å². The van der Waals surface area contributed by atoms with Gasteiger partial charge in [0.05, 0.1) is 12.1 Å². The second-order valence-electron chi connectivity index (χ2n) is 4.72. The summed E-state index contributed by atoms with van der Waals surface area (Å²) < 4.78 is 5.29. The Morgan fingerprint density at radius 1 is 1.50 bits per heavy atom. The molecule has 1 heterocycles. The topological polar surface area (TPSA) is 108 Å². The number of nitrogens with one attached hydrogen (secondary N) is 2. The van der Waals surface area contributed by atoms with E-state index in [1.54, 1.807) is 0 Å². The molecule has 2 amide bonds. The summed E-state index contributed by atoms with van der Waals surface area (Å²) in [5, 5.41) is 22.6. The second kappa shape index (κ2) is 6.55. The standard InChI is InChI=1S/C11H20N2O5/c1-11(4-2-6-18-7-11)13-10(17)12-8(3-5-14)9(15)16/h8,14H,2-7H2,1H3,(H,15,16)(H2,12,13,17). The molecule has 0 aromatic heterocycles. The van der Waals surface area contributed by atoms with Gasteiger partial charge in [-0.1, -0.05) is 0 Å². The molecule has 7 heteroatoms. The predicted octanol–water partition coefficient (Wildman–Crippen LogP) is -0.310. The van der Waals surface area contributed by atoms with E-state index in [1.165, 1.54) is 0 Å². The molecule has 1 rings (SSSR count). The minimum absolute atomic E-state index is 0.0179. The average Bonchev–Trinajstić information content (AvgIpc) is 2.28. The molecule has 104 valence electrons. The van der Waals surface area contributed by atoms with Crippen molar-refractivity contribution in [3.63, 3.8) is 0 Å². The lowest BCUT2D eigenvalue weighted by atomic mass is 9.95. The smallest absolute Gasteiger partial charge is 0.326 e. The number of hydrogen-bond donors (Lipinski definition) is 4. The lowest BCUT2D eigenvalue weighted by Crippen LogP contribution is -2.57. The maximum atomic E-state index is 11.7. The van der Waals surface area contributed by atoms with Crippen molar-refractivity contribution in [2.24, 2.45) is 0 Å². The molecule has 0 spiro atoms. The Kier molecular flexibility index (Phi) is 5.36. The van der Waals surface area contributed by atoms with Gasteiger partial charge in [-0.05, 0) is 19.8 Å². The van der Waals surface area contributed by atoms with Gasteiger partial charge in [-0.3, -0.25) is 0 Å². The van der Waals surface area contributed by atoms with Crippen LogP contribution in [-0.2, 0) is 9.53 Å². The molecule has 0 aliphatic carbocycles. The summed E-state index contributed by atoms with van der Waals surface area (Å²) in [6.07, 6.45) is 1.63. The van der Waals surface area contributed by atoms with E-state index < -0.39 is 23.6 Å². The first kappa shape index (κ1) is 14.7. The predicted molar refractivity (Wildman–Crippen MR) is 63.3 cm³/mol. The number of urea groups is 1. The maximum absolute atomic E-state index is 11.7. The first-order chi connectivity index (χ1) is 8.47. The number of aliphatic hydroxyl groups excluding tert-OH is 1. The third-order valence-corrected chi connectivity index (χ3v) is 2.87. The maximum Gasteiger partial charge on any atom is 0.326 e. The number of carboxylic acids is 1. The van der Waals surface area contributed by atoms with E-state index in [0.29, 0.717) is 13.2 Å². The molecule has 0 radical (unpaired) electrons. The summed E-state index contributed by atoms with van der Waals surface area (Å²) in [6.45, 7) is 2.66. The minimum Gasteiger partial charge on any atom is -0.480 e. The van der Waals surface area contributed by atoms with Gasteiger partial charge in [0, 0.05) is 19.6 Å². The molecule has 7 nitrogen and oxygen atoms in total. The number of ether oxygens (including phenoxy) is 1. The first-order valence-electron chi connectivity index (χ1n) is 5.97. The molecule has 2 unspecified atom stereocenters. The Balaban J connectivity index is 2.46. The lowest BCUT2D eigenvalue weighted by Gasteiger charge is -2.34. The SMILES string of the molecule is CC1(NC(=O)NC(CCO)C(=O)O)CCCOC1. The van der Waals surface area contributed by atoms with Gasteiger partial charge in [0.2, 0.25) is 0 Å². The number of aliphatic hydroxyl groups is 1. The molecule has 1 fully saturated rings. The summed E-state index contributed by atoms with van der Waals surface area (Å²) in [7, 11) is 0. The zero-order valence-electron chi connectivity index (χ0n) is 10.4. The third-order valence-electron chi connectivity index (χ3n) is 2.87. The molecule has 0 saturated carbocycles. The van der Waals surface area contributed by atoms with Gasteiger partial charge >= 0.3 is 12.0 Å². The van der Waals surface area contributed by atoms with Gasteiger partial charge in [-0.25, -0.2) is 9.59 Å². The molecule has 1 aliphatic heterocycles. The van der Waals surface area contributed by atoms with E-state index in [0.717, 1.165) is 12.8 Å². The van der Waals surface area contributed by atoms with Crippen LogP contribution >= 0.6 is 0 Å². The first-order valence-corrected chi connectivity index (χ1v) is 5.97. The van der Waals surface area contributed by atoms with Crippen molar-refractivity contribution in [1.29, 1.82) is 0 Å². The van der Waals surface area contributed by atoms with Crippen LogP contribution in [0.15, 0.2) is 0 Å². The van der Waals surface area contributed by atoms with Crippen LogP contribution < -0.4 is 10.6 Å². The molecule has 0 aromatic carbocycles. The monoisotopic (exact) mass is 260 g/mol. The molecule has 0 bridgehead atoms. The average molecular weight is 260 g/mol. The molecule has 1 saturated heterocycles. The normalized spacial score (nSPS) is 25.2. The number of aliphatic carboxylic acids is 1. The Morgan fingerprint density at radius 2 is 2.22 bits per heavy atom. The number of carboxylic acid groups (broad SMARTS) is 1. The zero-order chi connectivity index (χ0) is 13.6. The molecular formula is C11H20N2O5. The fourth-order valence-corrected chi connectivity index (χ4v) is 1.89. The molecule has 0 aromatic rings. The highest BCUT2D eigenvalue weighted by Crippen LogP contribution is 2.17. The van der Waals surface area contributed by atoms with Crippen molar-refractivity contribution in [1.82, 2.24) is 10.6 Å². The summed E-state index contributed by atoms with van der Waals surface area (Å²) >= 11 is 0. The van der Waals surface area contributed by atoms with Gasteiger partial charge in [-0.2, -0.15) is 0 Å². The van der Waals surface area contributed by atoms with Gasteiger partial charge in [0.25, 0.3) is 0 Å². The van der Waals surface area contributed by atoms with Crippen LogP contribution in [0.2, 0.25) is 0 Å². The van der Waals surface area contributed by atoms with Crippen LogP contribution in [0.3, 0.4) is 0 Å². The lowest BCUT2D eigenvalue weighted by molar-refractivity contribution is -0.139.